The number of carbonyl (C=O) groups is 2. The Morgan fingerprint density at radius 3 is 1.91 bits per heavy atom. The van der Waals surface area contributed by atoms with Gasteiger partial charge < -0.3 is 5.32 Å². The fourth-order valence-corrected chi connectivity index (χ4v) is 5.89. The molecule has 2 aromatic carbocycles. The molecule has 0 spiro atoms. The number of nitrogens with one attached hydrogen (secondary N) is 1. The molecule has 1 aliphatic rings. The summed E-state index contributed by atoms with van der Waals surface area (Å²) in [6, 6.07) is 11.9. The largest absolute Gasteiger partial charge is 0.349 e. The highest BCUT2D eigenvalue weighted by Crippen LogP contribution is 2.25. The van der Waals surface area contributed by atoms with Gasteiger partial charge in [-0.1, -0.05) is 24.3 Å². The third-order valence-electron chi connectivity index (χ3n) is 5.89. The molecule has 1 amide bonds. The second-order valence-electron chi connectivity index (χ2n) is 8.33. The Morgan fingerprint density at radius 1 is 0.909 bits per heavy atom. The average molecular weight is 493 g/mol. The number of Topliss-reactive ketones (excluding diaryl/α,β-unsaturated/α-hetero) is 1. The molecule has 33 heavy (non-hydrogen) atoms. The molecule has 0 saturated carbocycles. The molecule has 10 heteroatoms. The van der Waals surface area contributed by atoms with Crippen molar-refractivity contribution in [3.63, 3.8) is 0 Å². The molecular weight excluding hydrogens is 464 g/mol. The Labute approximate surface area is 195 Å². The van der Waals surface area contributed by atoms with Crippen molar-refractivity contribution in [1.82, 2.24) is 9.62 Å². The van der Waals surface area contributed by atoms with E-state index < -0.39 is 19.9 Å². The van der Waals surface area contributed by atoms with Gasteiger partial charge in [0.05, 0.1) is 15.8 Å². The van der Waals surface area contributed by atoms with Crippen LogP contribution in [0.5, 0.6) is 0 Å². The Kier molecular flexibility index (Phi) is 7.40. The minimum absolute atomic E-state index is 0.126. The number of sulfonamides is 1. The van der Waals surface area contributed by atoms with Crippen molar-refractivity contribution < 1.29 is 26.4 Å². The van der Waals surface area contributed by atoms with Crippen LogP contribution in [0.15, 0.2) is 58.3 Å². The summed E-state index contributed by atoms with van der Waals surface area (Å²) in [5, 5.41) is 2.94. The molecular formula is C23H28N2O6S2. The van der Waals surface area contributed by atoms with E-state index in [9.17, 15) is 26.4 Å². The predicted octanol–water partition coefficient (Wildman–Crippen LogP) is 2.57. The SMILES string of the molecule is CC(=O)c1ccc(S(=O)(=O)N2CCC(C(=O)N[C@H](C)c3ccc(S(C)(=O)=O)cc3)CC2)cc1. The Balaban J connectivity index is 1.58. The number of rotatable bonds is 7. The quantitative estimate of drug-likeness (QED) is 0.594. The van der Waals surface area contributed by atoms with Crippen molar-refractivity contribution in [2.24, 2.45) is 5.92 Å². The molecule has 1 fully saturated rings. The van der Waals surface area contributed by atoms with Crippen LogP contribution in [0.2, 0.25) is 0 Å². The van der Waals surface area contributed by atoms with Crippen LogP contribution >= 0.6 is 0 Å². The molecule has 0 bridgehead atoms. The second-order valence-corrected chi connectivity index (χ2v) is 12.3. The van der Waals surface area contributed by atoms with Crippen molar-refractivity contribution in [3.05, 3.63) is 59.7 Å². The van der Waals surface area contributed by atoms with Crippen LogP contribution in [-0.4, -0.2) is 52.2 Å². The molecule has 2 aromatic rings. The number of piperidine rings is 1. The summed E-state index contributed by atoms with van der Waals surface area (Å²) in [5.41, 5.74) is 1.23. The number of benzene rings is 2. The van der Waals surface area contributed by atoms with Crippen LogP contribution in [0.3, 0.4) is 0 Å². The minimum Gasteiger partial charge on any atom is -0.349 e. The molecule has 3 rings (SSSR count). The highest BCUT2D eigenvalue weighted by Gasteiger charge is 2.32. The number of sulfone groups is 1. The fourth-order valence-electron chi connectivity index (χ4n) is 3.79. The van der Waals surface area contributed by atoms with E-state index in [1.165, 1.54) is 47.6 Å². The molecule has 8 nitrogen and oxygen atoms in total. The summed E-state index contributed by atoms with van der Waals surface area (Å²) in [4.78, 5) is 24.5. The number of hydrogen-bond donors (Lipinski definition) is 1. The first-order valence-corrected chi connectivity index (χ1v) is 13.9. The van der Waals surface area contributed by atoms with Gasteiger partial charge in [0.15, 0.2) is 15.6 Å². The van der Waals surface area contributed by atoms with Crippen LogP contribution < -0.4 is 5.32 Å². The normalized spacial score (nSPS) is 16.8. The first-order valence-electron chi connectivity index (χ1n) is 10.6. The zero-order chi connectivity index (χ0) is 24.4. The van der Waals surface area contributed by atoms with E-state index in [4.69, 9.17) is 0 Å². The molecule has 0 unspecified atom stereocenters. The molecule has 1 N–H and O–H groups in total. The van der Waals surface area contributed by atoms with Crippen molar-refractivity contribution in [3.8, 4) is 0 Å². The van der Waals surface area contributed by atoms with Crippen molar-refractivity contribution in [1.29, 1.82) is 0 Å². The maximum Gasteiger partial charge on any atom is 0.243 e. The first-order chi connectivity index (χ1) is 15.4. The Bertz CT molecular complexity index is 1230. The van der Waals surface area contributed by atoms with Gasteiger partial charge in [-0.25, -0.2) is 16.8 Å². The maximum absolute atomic E-state index is 12.9. The van der Waals surface area contributed by atoms with Gasteiger partial charge in [0, 0.05) is 30.8 Å². The number of amides is 1. The molecule has 1 atom stereocenters. The van der Waals surface area contributed by atoms with Crippen LogP contribution in [-0.2, 0) is 24.7 Å². The highest BCUT2D eigenvalue weighted by molar-refractivity contribution is 7.90. The molecule has 0 aromatic heterocycles. The molecule has 178 valence electrons. The lowest BCUT2D eigenvalue weighted by Gasteiger charge is -2.31. The third-order valence-corrected chi connectivity index (χ3v) is 8.93. The van der Waals surface area contributed by atoms with E-state index in [2.05, 4.69) is 5.32 Å². The minimum atomic E-state index is -3.69. The highest BCUT2D eigenvalue weighted by atomic mass is 32.2. The lowest BCUT2D eigenvalue weighted by molar-refractivity contribution is -0.126. The van der Waals surface area contributed by atoms with Gasteiger partial charge in [-0.3, -0.25) is 9.59 Å². The van der Waals surface area contributed by atoms with E-state index in [-0.39, 0.29) is 46.5 Å². The number of carbonyl (C=O) groups excluding carboxylic acids is 2. The predicted molar refractivity (Wildman–Crippen MR) is 124 cm³/mol. The maximum atomic E-state index is 12.9. The van der Waals surface area contributed by atoms with Crippen LogP contribution in [0.4, 0.5) is 0 Å². The van der Waals surface area contributed by atoms with E-state index >= 15 is 0 Å². The topological polar surface area (TPSA) is 118 Å². The molecule has 1 heterocycles. The van der Waals surface area contributed by atoms with Crippen LogP contribution in [0.25, 0.3) is 0 Å². The monoisotopic (exact) mass is 492 g/mol. The van der Waals surface area contributed by atoms with E-state index in [0.29, 0.717) is 18.4 Å². The summed E-state index contributed by atoms with van der Waals surface area (Å²) in [6.07, 6.45) is 1.94. The Hall–Kier alpha value is -2.56. The standard InChI is InChI=1S/C23H28N2O6S2/c1-16(18-4-8-21(9-5-18)32(3,28)29)24-23(27)20-12-14-25(15-13-20)33(30,31)22-10-6-19(7-11-22)17(2)26/h4-11,16,20H,12-15H2,1-3H3,(H,24,27)/t16-/m1/s1. The number of ketones is 1. The van der Waals surface area contributed by atoms with Gasteiger partial charge in [-0.05, 0) is 56.5 Å². The zero-order valence-corrected chi connectivity index (χ0v) is 20.4. The number of nitrogens with zero attached hydrogens (tertiary/aromatic N) is 1. The summed E-state index contributed by atoms with van der Waals surface area (Å²) in [6.45, 7) is 3.70. The smallest absolute Gasteiger partial charge is 0.243 e. The van der Waals surface area contributed by atoms with Gasteiger partial charge >= 0.3 is 0 Å². The van der Waals surface area contributed by atoms with Gasteiger partial charge in [-0.2, -0.15) is 4.31 Å². The van der Waals surface area contributed by atoms with Crippen LogP contribution in [0.1, 0.15) is 48.7 Å². The van der Waals surface area contributed by atoms with Crippen molar-refractivity contribution >= 4 is 31.6 Å². The van der Waals surface area contributed by atoms with E-state index in [0.717, 1.165) is 11.8 Å². The van der Waals surface area contributed by atoms with Gasteiger partial charge in [0.25, 0.3) is 0 Å². The fraction of sp³-hybridized carbons (Fsp3) is 0.391. The third kappa shape index (κ3) is 5.87. The van der Waals surface area contributed by atoms with Crippen molar-refractivity contribution in [2.45, 2.75) is 42.5 Å². The summed E-state index contributed by atoms with van der Waals surface area (Å²) >= 11 is 0. The average Bonchev–Trinajstić information content (AvgIpc) is 2.78. The zero-order valence-electron chi connectivity index (χ0n) is 18.8. The van der Waals surface area contributed by atoms with E-state index in [1.807, 2.05) is 6.92 Å². The summed E-state index contributed by atoms with van der Waals surface area (Å²) < 4.78 is 50.4. The second kappa shape index (κ2) is 9.74. The van der Waals surface area contributed by atoms with Crippen molar-refractivity contribution in [2.75, 3.05) is 19.3 Å². The van der Waals surface area contributed by atoms with Gasteiger partial charge in [0.1, 0.15) is 0 Å². The van der Waals surface area contributed by atoms with E-state index in [1.54, 1.807) is 12.1 Å². The van der Waals surface area contributed by atoms with Crippen LogP contribution in [0, 0.1) is 5.92 Å². The van der Waals surface area contributed by atoms with Gasteiger partial charge in [0.2, 0.25) is 15.9 Å². The lowest BCUT2D eigenvalue weighted by Crippen LogP contribution is -2.43. The molecule has 0 radical (unpaired) electrons. The molecule has 1 aliphatic heterocycles. The summed E-state index contributed by atoms with van der Waals surface area (Å²) in [7, 11) is -6.98. The first kappa shape index (κ1) is 25.1. The molecule has 0 aliphatic carbocycles. The Morgan fingerprint density at radius 2 is 1.42 bits per heavy atom. The summed E-state index contributed by atoms with van der Waals surface area (Å²) in [5.74, 6) is -0.599. The van der Waals surface area contributed by atoms with Gasteiger partial charge in [-0.15, -0.1) is 0 Å². The number of hydrogen-bond acceptors (Lipinski definition) is 6. The lowest BCUT2D eigenvalue weighted by atomic mass is 9.96. The molecule has 1 saturated heterocycles.